The summed E-state index contributed by atoms with van der Waals surface area (Å²) >= 11 is 0. The Morgan fingerprint density at radius 2 is 1.85 bits per heavy atom. The Kier molecular flexibility index (Phi) is 6.80. The Morgan fingerprint density at radius 3 is 2.70 bits per heavy atom. The summed E-state index contributed by atoms with van der Waals surface area (Å²) in [6.07, 6.45) is 11.5. The minimum atomic E-state index is 0.0341. The van der Waals surface area contributed by atoms with E-state index >= 15 is 0 Å². The summed E-state index contributed by atoms with van der Waals surface area (Å²) in [7, 11) is 0. The number of nitrogens with one attached hydrogen (secondary N) is 2. The van der Waals surface area contributed by atoms with Gasteiger partial charge in [0.1, 0.15) is 0 Å². The van der Waals surface area contributed by atoms with Gasteiger partial charge in [0.15, 0.2) is 0 Å². The molecule has 3 unspecified atom stereocenters. The van der Waals surface area contributed by atoms with Crippen molar-refractivity contribution in [3.63, 3.8) is 0 Å². The molecule has 0 spiro atoms. The van der Waals surface area contributed by atoms with Crippen molar-refractivity contribution in [3.8, 4) is 0 Å². The van der Waals surface area contributed by atoms with Gasteiger partial charge in [0, 0.05) is 19.2 Å². The van der Waals surface area contributed by atoms with Crippen molar-refractivity contribution in [2.24, 2.45) is 5.92 Å². The van der Waals surface area contributed by atoms with Crippen LogP contribution in [0.1, 0.15) is 64.2 Å². The van der Waals surface area contributed by atoms with Crippen molar-refractivity contribution < 1.29 is 9.90 Å². The maximum atomic E-state index is 12.1. The van der Waals surface area contributed by atoms with Crippen molar-refractivity contribution in [3.05, 3.63) is 0 Å². The molecule has 3 atom stereocenters. The summed E-state index contributed by atoms with van der Waals surface area (Å²) in [4.78, 5) is 12.1. The van der Waals surface area contributed by atoms with E-state index < -0.39 is 0 Å². The van der Waals surface area contributed by atoms with Crippen molar-refractivity contribution in [2.75, 3.05) is 13.2 Å². The van der Waals surface area contributed by atoms with Crippen LogP contribution in [0.15, 0.2) is 0 Å². The number of aliphatic hydroxyl groups excluding tert-OH is 1. The Morgan fingerprint density at radius 1 is 1.05 bits per heavy atom. The van der Waals surface area contributed by atoms with Crippen molar-refractivity contribution in [2.45, 2.75) is 76.3 Å². The van der Waals surface area contributed by atoms with Crippen LogP contribution >= 0.6 is 0 Å². The van der Waals surface area contributed by atoms with Gasteiger partial charge >= 0.3 is 0 Å². The molecule has 1 aliphatic carbocycles. The molecule has 0 aromatic carbocycles. The summed E-state index contributed by atoms with van der Waals surface area (Å²) in [5.74, 6) is 1.00. The highest BCUT2D eigenvalue weighted by Gasteiger charge is 2.34. The van der Waals surface area contributed by atoms with Crippen LogP contribution in [0.2, 0.25) is 0 Å². The molecule has 2 rings (SSSR count). The fourth-order valence-electron chi connectivity index (χ4n) is 3.63. The highest BCUT2D eigenvalue weighted by molar-refractivity contribution is 5.81. The van der Waals surface area contributed by atoms with Crippen LogP contribution in [0.5, 0.6) is 0 Å². The third-order valence-corrected chi connectivity index (χ3v) is 4.85. The minimum absolute atomic E-state index is 0.0341. The fourth-order valence-corrected chi connectivity index (χ4v) is 3.63. The van der Waals surface area contributed by atoms with E-state index in [-0.39, 0.29) is 18.6 Å². The Bertz CT molecular complexity index is 296. The molecule has 3 N–H and O–H groups in total. The van der Waals surface area contributed by atoms with Crippen molar-refractivity contribution in [1.29, 1.82) is 0 Å². The molecule has 0 aromatic heterocycles. The lowest BCUT2D eigenvalue weighted by atomic mass is 9.77. The predicted octanol–water partition coefficient (Wildman–Crippen LogP) is 1.97. The lowest BCUT2D eigenvalue weighted by Crippen LogP contribution is -2.55. The summed E-state index contributed by atoms with van der Waals surface area (Å²) in [6, 6.07) is 0.615. The molecule has 1 heterocycles. The maximum absolute atomic E-state index is 12.1. The smallest absolute Gasteiger partial charge is 0.237 e. The SMILES string of the molecule is O=C(NCCCCCCO)C1CCC2CCCCC2N1. The first-order valence-corrected chi connectivity index (χ1v) is 8.46. The van der Waals surface area contributed by atoms with Gasteiger partial charge < -0.3 is 15.7 Å². The van der Waals surface area contributed by atoms with E-state index in [1.165, 1.54) is 32.1 Å². The van der Waals surface area contributed by atoms with E-state index in [0.717, 1.165) is 44.6 Å². The van der Waals surface area contributed by atoms with Gasteiger partial charge in [-0.2, -0.15) is 0 Å². The molecule has 0 aromatic rings. The Hall–Kier alpha value is -0.610. The van der Waals surface area contributed by atoms with Crippen LogP contribution in [0.4, 0.5) is 0 Å². The second kappa shape index (κ2) is 8.63. The molecule has 2 fully saturated rings. The van der Waals surface area contributed by atoms with Crippen LogP contribution in [0.3, 0.4) is 0 Å². The van der Waals surface area contributed by atoms with Gasteiger partial charge in [-0.05, 0) is 44.4 Å². The second-order valence-electron chi connectivity index (χ2n) is 6.38. The first kappa shape index (κ1) is 15.8. The molecular formula is C16H30N2O2. The average Bonchev–Trinajstić information content (AvgIpc) is 2.50. The fraction of sp³-hybridized carbons (Fsp3) is 0.938. The number of fused-ring (bicyclic) bond motifs is 1. The van der Waals surface area contributed by atoms with Crippen LogP contribution in [-0.4, -0.2) is 36.2 Å². The van der Waals surface area contributed by atoms with Gasteiger partial charge in [0.2, 0.25) is 5.91 Å². The number of rotatable bonds is 7. The number of amides is 1. The monoisotopic (exact) mass is 282 g/mol. The van der Waals surface area contributed by atoms with Crippen LogP contribution < -0.4 is 10.6 Å². The molecule has 4 heteroatoms. The zero-order chi connectivity index (χ0) is 14.2. The number of carbonyl (C=O) groups excluding carboxylic acids is 1. The third kappa shape index (κ3) is 4.74. The largest absolute Gasteiger partial charge is 0.396 e. The quantitative estimate of drug-likeness (QED) is 0.626. The Balaban J connectivity index is 1.60. The number of hydrogen-bond donors (Lipinski definition) is 3. The van der Waals surface area contributed by atoms with Gasteiger partial charge in [-0.25, -0.2) is 0 Å². The van der Waals surface area contributed by atoms with Gasteiger partial charge in [0.05, 0.1) is 6.04 Å². The molecule has 1 amide bonds. The summed E-state index contributed by atoms with van der Waals surface area (Å²) in [5, 5.41) is 15.3. The Labute approximate surface area is 122 Å². The molecule has 1 saturated heterocycles. The van der Waals surface area contributed by atoms with Gasteiger partial charge in [-0.1, -0.05) is 25.7 Å². The molecule has 1 saturated carbocycles. The molecule has 20 heavy (non-hydrogen) atoms. The zero-order valence-electron chi connectivity index (χ0n) is 12.6. The predicted molar refractivity (Wildman–Crippen MR) is 80.5 cm³/mol. The third-order valence-electron chi connectivity index (χ3n) is 4.85. The topological polar surface area (TPSA) is 61.4 Å². The molecule has 0 bridgehead atoms. The molecule has 116 valence electrons. The van der Waals surface area contributed by atoms with Crippen LogP contribution in [0.25, 0.3) is 0 Å². The number of piperidine rings is 1. The van der Waals surface area contributed by atoms with Gasteiger partial charge in [-0.15, -0.1) is 0 Å². The van der Waals surface area contributed by atoms with E-state index in [2.05, 4.69) is 10.6 Å². The highest BCUT2D eigenvalue weighted by Crippen LogP contribution is 2.32. The molecule has 2 aliphatic rings. The zero-order valence-corrected chi connectivity index (χ0v) is 12.6. The molecule has 4 nitrogen and oxygen atoms in total. The van der Waals surface area contributed by atoms with E-state index in [4.69, 9.17) is 5.11 Å². The van der Waals surface area contributed by atoms with E-state index in [1.807, 2.05) is 0 Å². The number of aliphatic hydroxyl groups is 1. The first-order chi connectivity index (χ1) is 9.81. The number of hydrogen-bond acceptors (Lipinski definition) is 3. The lowest BCUT2D eigenvalue weighted by molar-refractivity contribution is -0.124. The molecule has 1 aliphatic heterocycles. The van der Waals surface area contributed by atoms with Gasteiger partial charge in [0.25, 0.3) is 0 Å². The standard InChI is InChI=1S/C16H30N2O2/c19-12-6-2-1-5-11-17-16(20)15-10-9-13-7-3-4-8-14(13)18-15/h13-15,18-19H,1-12H2,(H,17,20). The lowest BCUT2D eigenvalue weighted by Gasteiger charge is -2.39. The molecule has 0 radical (unpaired) electrons. The van der Waals surface area contributed by atoms with Crippen molar-refractivity contribution >= 4 is 5.91 Å². The van der Waals surface area contributed by atoms with E-state index in [9.17, 15) is 4.79 Å². The van der Waals surface area contributed by atoms with Crippen LogP contribution in [0, 0.1) is 5.92 Å². The van der Waals surface area contributed by atoms with Crippen molar-refractivity contribution in [1.82, 2.24) is 10.6 Å². The summed E-state index contributed by atoms with van der Waals surface area (Å²) in [6.45, 7) is 1.05. The summed E-state index contributed by atoms with van der Waals surface area (Å²) in [5.41, 5.74) is 0. The maximum Gasteiger partial charge on any atom is 0.237 e. The minimum Gasteiger partial charge on any atom is -0.396 e. The highest BCUT2D eigenvalue weighted by atomic mass is 16.2. The second-order valence-corrected chi connectivity index (χ2v) is 6.38. The van der Waals surface area contributed by atoms with Crippen LogP contribution in [-0.2, 0) is 4.79 Å². The number of unbranched alkanes of at least 4 members (excludes halogenated alkanes) is 3. The van der Waals surface area contributed by atoms with E-state index in [1.54, 1.807) is 0 Å². The average molecular weight is 282 g/mol. The van der Waals surface area contributed by atoms with E-state index in [0.29, 0.717) is 6.04 Å². The number of carbonyl (C=O) groups is 1. The molecular weight excluding hydrogens is 252 g/mol. The normalized spacial score (nSPS) is 29.8. The summed E-state index contributed by atoms with van der Waals surface area (Å²) < 4.78 is 0. The van der Waals surface area contributed by atoms with Gasteiger partial charge in [-0.3, -0.25) is 4.79 Å². The first-order valence-electron chi connectivity index (χ1n) is 8.46.